The van der Waals surface area contributed by atoms with Gasteiger partial charge in [-0.05, 0) is 18.6 Å². The molecule has 0 aromatic heterocycles. The van der Waals surface area contributed by atoms with Gasteiger partial charge in [0.25, 0.3) is 0 Å². The van der Waals surface area contributed by atoms with Gasteiger partial charge in [-0.1, -0.05) is 12.1 Å². The van der Waals surface area contributed by atoms with Gasteiger partial charge < -0.3 is 15.4 Å². The van der Waals surface area contributed by atoms with Gasteiger partial charge in [-0.3, -0.25) is 4.79 Å². The number of carbonyl (C=O) groups excluding carboxylic acids is 1. The highest BCUT2D eigenvalue weighted by atomic mass is 16.5. The number of aryl methyl sites for hydroxylation is 1. The smallest absolute Gasteiger partial charge is 0.221 e. The maximum Gasteiger partial charge on any atom is 0.221 e. The molecule has 2 N–H and O–H groups in total. The average Bonchev–Trinajstić information content (AvgIpc) is 2.54. The number of hydrogen-bond acceptors (Lipinski definition) is 3. The number of ether oxygens (including phenoxy) is 1. The Hall–Kier alpha value is -1.55. The molecule has 0 radical (unpaired) electrons. The molecule has 92 valence electrons. The second-order valence-corrected chi connectivity index (χ2v) is 4.31. The van der Waals surface area contributed by atoms with Crippen LogP contribution in [0.3, 0.4) is 0 Å². The molecule has 1 saturated heterocycles. The lowest BCUT2D eigenvalue weighted by Crippen LogP contribution is -2.29. The summed E-state index contributed by atoms with van der Waals surface area (Å²) in [6, 6.07) is 6.26. The summed E-state index contributed by atoms with van der Waals surface area (Å²) in [5, 5.41) is 6.26. The van der Waals surface area contributed by atoms with Gasteiger partial charge in [-0.15, -0.1) is 0 Å². The van der Waals surface area contributed by atoms with E-state index < -0.39 is 0 Å². The number of hydrogen-bond donors (Lipinski definition) is 2. The molecule has 4 heteroatoms. The fourth-order valence-electron chi connectivity index (χ4n) is 2.06. The molecule has 0 bridgehead atoms. The molecule has 17 heavy (non-hydrogen) atoms. The molecular weight excluding hydrogens is 216 g/mol. The third-order valence-corrected chi connectivity index (χ3v) is 3.01. The molecule has 2 rings (SSSR count). The van der Waals surface area contributed by atoms with Crippen molar-refractivity contribution in [2.45, 2.75) is 19.4 Å². The van der Waals surface area contributed by atoms with Crippen LogP contribution < -0.4 is 15.4 Å². The molecule has 1 aromatic carbocycles. The summed E-state index contributed by atoms with van der Waals surface area (Å²) < 4.78 is 5.39. The quantitative estimate of drug-likeness (QED) is 0.807. The van der Waals surface area contributed by atoms with Gasteiger partial charge >= 0.3 is 0 Å². The Bertz CT molecular complexity index is 418. The van der Waals surface area contributed by atoms with Gasteiger partial charge in [-0.25, -0.2) is 0 Å². The predicted molar refractivity (Wildman–Crippen MR) is 66.1 cm³/mol. The van der Waals surface area contributed by atoms with Crippen LogP contribution in [0, 0.1) is 6.92 Å². The highest BCUT2D eigenvalue weighted by Crippen LogP contribution is 2.26. The highest BCUT2D eigenvalue weighted by molar-refractivity contribution is 5.76. The van der Waals surface area contributed by atoms with Gasteiger partial charge in [0.05, 0.1) is 13.2 Å². The molecule has 1 unspecified atom stereocenters. The zero-order valence-corrected chi connectivity index (χ0v) is 10.2. The standard InChI is InChI=1S/C13H18N2O2/c1-9-3-4-10(12(7-9)17-2)11-8-15-13(16)5-6-14-11/h3-4,7,11,14H,5-6,8H2,1-2H3,(H,15,16). The van der Waals surface area contributed by atoms with E-state index in [0.717, 1.165) is 11.3 Å². The minimum atomic E-state index is 0.103. The molecule has 4 nitrogen and oxygen atoms in total. The Morgan fingerprint density at radius 1 is 1.41 bits per heavy atom. The minimum absolute atomic E-state index is 0.103. The van der Waals surface area contributed by atoms with Crippen molar-refractivity contribution in [3.05, 3.63) is 29.3 Å². The van der Waals surface area contributed by atoms with Crippen molar-refractivity contribution in [2.24, 2.45) is 0 Å². The molecular formula is C13H18N2O2. The molecule has 1 fully saturated rings. The zero-order chi connectivity index (χ0) is 12.3. The first-order chi connectivity index (χ1) is 8.20. The molecule has 1 amide bonds. The molecule has 1 aliphatic rings. The van der Waals surface area contributed by atoms with Crippen molar-refractivity contribution in [3.8, 4) is 5.75 Å². The van der Waals surface area contributed by atoms with Crippen LogP contribution in [0.25, 0.3) is 0 Å². The SMILES string of the molecule is COc1cc(C)ccc1C1CNC(=O)CCN1. The van der Waals surface area contributed by atoms with E-state index in [1.165, 1.54) is 5.56 Å². The second kappa shape index (κ2) is 5.19. The number of amides is 1. The maximum absolute atomic E-state index is 11.3. The van der Waals surface area contributed by atoms with E-state index in [1.807, 2.05) is 13.0 Å². The summed E-state index contributed by atoms with van der Waals surface area (Å²) in [7, 11) is 1.67. The number of methoxy groups -OCH3 is 1. The van der Waals surface area contributed by atoms with Gasteiger partial charge in [0.1, 0.15) is 5.75 Å². The fourth-order valence-corrected chi connectivity index (χ4v) is 2.06. The Balaban J connectivity index is 2.23. The van der Waals surface area contributed by atoms with E-state index in [-0.39, 0.29) is 11.9 Å². The lowest BCUT2D eigenvalue weighted by molar-refractivity contribution is -0.120. The van der Waals surface area contributed by atoms with Gasteiger partial charge in [0, 0.05) is 25.1 Å². The largest absolute Gasteiger partial charge is 0.496 e. The summed E-state index contributed by atoms with van der Waals surface area (Å²) in [6.45, 7) is 3.35. The van der Waals surface area contributed by atoms with Crippen LogP contribution in [0.1, 0.15) is 23.6 Å². The monoisotopic (exact) mass is 234 g/mol. The van der Waals surface area contributed by atoms with Crippen molar-refractivity contribution in [2.75, 3.05) is 20.2 Å². The highest BCUT2D eigenvalue weighted by Gasteiger charge is 2.19. The van der Waals surface area contributed by atoms with E-state index in [4.69, 9.17) is 4.74 Å². The Kier molecular flexibility index (Phi) is 3.64. The van der Waals surface area contributed by atoms with Crippen LogP contribution in [0.4, 0.5) is 0 Å². The summed E-state index contributed by atoms with van der Waals surface area (Å²) in [5.74, 6) is 0.977. The third-order valence-electron chi connectivity index (χ3n) is 3.01. The summed E-state index contributed by atoms with van der Waals surface area (Å²) in [6.07, 6.45) is 0.532. The molecule has 1 aliphatic heterocycles. The van der Waals surface area contributed by atoms with Crippen LogP contribution in [0.15, 0.2) is 18.2 Å². The van der Waals surface area contributed by atoms with E-state index in [2.05, 4.69) is 22.8 Å². The van der Waals surface area contributed by atoms with Crippen LogP contribution in [0.5, 0.6) is 5.75 Å². The lowest BCUT2D eigenvalue weighted by Gasteiger charge is -2.19. The molecule has 1 heterocycles. The van der Waals surface area contributed by atoms with E-state index in [9.17, 15) is 4.79 Å². The van der Waals surface area contributed by atoms with Gasteiger partial charge in [0.15, 0.2) is 0 Å². The van der Waals surface area contributed by atoms with Crippen LogP contribution >= 0.6 is 0 Å². The van der Waals surface area contributed by atoms with Crippen molar-refractivity contribution in [1.82, 2.24) is 10.6 Å². The van der Waals surface area contributed by atoms with Crippen LogP contribution in [0.2, 0.25) is 0 Å². The van der Waals surface area contributed by atoms with E-state index in [0.29, 0.717) is 19.5 Å². The Morgan fingerprint density at radius 3 is 3.00 bits per heavy atom. The topological polar surface area (TPSA) is 50.4 Å². The maximum atomic E-state index is 11.3. The van der Waals surface area contributed by atoms with Crippen LogP contribution in [-0.4, -0.2) is 26.1 Å². The number of carbonyl (C=O) groups is 1. The van der Waals surface area contributed by atoms with Crippen molar-refractivity contribution in [1.29, 1.82) is 0 Å². The summed E-state index contributed by atoms with van der Waals surface area (Å²) in [5.41, 5.74) is 2.27. The minimum Gasteiger partial charge on any atom is -0.496 e. The Labute approximate surface area is 101 Å². The van der Waals surface area contributed by atoms with E-state index in [1.54, 1.807) is 7.11 Å². The lowest BCUT2D eigenvalue weighted by atomic mass is 10.0. The third kappa shape index (κ3) is 2.77. The first-order valence-corrected chi connectivity index (χ1v) is 5.85. The van der Waals surface area contributed by atoms with Gasteiger partial charge in [-0.2, -0.15) is 0 Å². The van der Waals surface area contributed by atoms with Gasteiger partial charge in [0.2, 0.25) is 5.91 Å². The Morgan fingerprint density at radius 2 is 2.24 bits per heavy atom. The molecule has 0 spiro atoms. The summed E-state index contributed by atoms with van der Waals surface area (Å²) in [4.78, 5) is 11.3. The normalized spacial score (nSPS) is 20.6. The van der Waals surface area contributed by atoms with Crippen molar-refractivity contribution >= 4 is 5.91 Å². The predicted octanol–water partition coefficient (Wildman–Crippen LogP) is 1.15. The molecule has 1 aromatic rings. The first kappa shape index (κ1) is 11.9. The molecule has 0 saturated carbocycles. The van der Waals surface area contributed by atoms with Crippen molar-refractivity contribution < 1.29 is 9.53 Å². The molecule has 1 atom stereocenters. The number of benzene rings is 1. The van der Waals surface area contributed by atoms with Crippen LogP contribution in [-0.2, 0) is 4.79 Å². The number of rotatable bonds is 2. The zero-order valence-electron chi connectivity index (χ0n) is 10.2. The second-order valence-electron chi connectivity index (χ2n) is 4.31. The average molecular weight is 234 g/mol. The van der Waals surface area contributed by atoms with Crippen molar-refractivity contribution in [3.63, 3.8) is 0 Å². The number of nitrogens with one attached hydrogen (secondary N) is 2. The molecule has 0 aliphatic carbocycles. The summed E-state index contributed by atoms with van der Waals surface area (Å²) >= 11 is 0. The fraction of sp³-hybridized carbons (Fsp3) is 0.462. The van der Waals surface area contributed by atoms with E-state index >= 15 is 0 Å². The first-order valence-electron chi connectivity index (χ1n) is 5.85.